The topological polar surface area (TPSA) is 32.7 Å². The second-order valence-corrected chi connectivity index (χ2v) is 4.07. The highest BCUT2D eigenvalue weighted by molar-refractivity contribution is 4.70. The van der Waals surface area contributed by atoms with E-state index < -0.39 is 0 Å². The fraction of sp³-hybridized carbons (Fsp3) is 1.00. The average Bonchev–Trinajstić information content (AvgIpc) is 2.39. The van der Waals surface area contributed by atoms with Gasteiger partial charge in [-0.05, 0) is 26.3 Å². The summed E-state index contributed by atoms with van der Waals surface area (Å²) in [4.78, 5) is 2.50. The van der Waals surface area contributed by atoms with Gasteiger partial charge in [0, 0.05) is 12.6 Å². The number of hydrogen-bond acceptors (Lipinski definition) is 3. The highest BCUT2D eigenvalue weighted by Crippen LogP contribution is 2.15. The van der Waals surface area contributed by atoms with Gasteiger partial charge in [-0.2, -0.15) is 0 Å². The van der Waals surface area contributed by atoms with Crippen LogP contribution in [0.3, 0.4) is 0 Å². The average molecular weight is 201 g/mol. The smallest absolute Gasteiger partial charge is 0.0698 e. The lowest BCUT2D eigenvalue weighted by Crippen LogP contribution is -2.35. The maximum absolute atomic E-state index is 8.56. The summed E-state index contributed by atoms with van der Waals surface area (Å²) in [5, 5.41) is 8.56. The number of rotatable bonds is 5. The fourth-order valence-corrected chi connectivity index (χ4v) is 2.01. The number of aliphatic hydroxyl groups excluding tert-OH is 1. The van der Waals surface area contributed by atoms with Crippen LogP contribution in [-0.4, -0.2) is 49.0 Å². The molecule has 14 heavy (non-hydrogen) atoms. The van der Waals surface area contributed by atoms with Crippen molar-refractivity contribution in [2.24, 2.45) is 0 Å². The zero-order chi connectivity index (χ0) is 10.2. The minimum Gasteiger partial charge on any atom is -0.394 e. The van der Waals surface area contributed by atoms with E-state index in [0.29, 0.717) is 12.6 Å². The van der Waals surface area contributed by atoms with Crippen molar-refractivity contribution in [3.8, 4) is 0 Å². The van der Waals surface area contributed by atoms with E-state index >= 15 is 0 Å². The van der Waals surface area contributed by atoms with Crippen LogP contribution in [-0.2, 0) is 4.74 Å². The first kappa shape index (κ1) is 12.0. The molecule has 0 saturated carbocycles. The molecule has 1 unspecified atom stereocenters. The third kappa shape index (κ3) is 4.40. The van der Waals surface area contributed by atoms with E-state index in [2.05, 4.69) is 11.8 Å². The lowest BCUT2D eigenvalue weighted by Gasteiger charge is -2.26. The van der Waals surface area contributed by atoms with Crippen molar-refractivity contribution in [2.75, 3.05) is 32.9 Å². The van der Waals surface area contributed by atoms with E-state index in [9.17, 15) is 0 Å². The second-order valence-electron chi connectivity index (χ2n) is 4.07. The Balaban J connectivity index is 2.13. The first-order valence-electron chi connectivity index (χ1n) is 5.77. The van der Waals surface area contributed by atoms with Gasteiger partial charge in [-0.25, -0.2) is 0 Å². The highest BCUT2D eigenvalue weighted by Gasteiger charge is 2.15. The standard InChI is InChI=1S/C11H23NO2/c1-11-5-3-2-4-6-12(11)7-9-14-10-8-13/h11,13H,2-10H2,1H3. The van der Waals surface area contributed by atoms with Gasteiger partial charge in [-0.15, -0.1) is 0 Å². The summed E-state index contributed by atoms with van der Waals surface area (Å²) in [5.74, 6) is 0. The molecule has 1 rings (SSSR count). The zero-order valence-electron chi connectivity index (χ0n) is 9.24. The van der Waals surface area contributed by atoms with Gasteiger partial charge in [0.05, 0.1) is 19.8 Å². The van der Waals surface area contributed by atoms with Crippen molar-refractivity contribution in [2.45, 2.75) is 38.6 Å². The van der Waals surface area contributed by atoms with Gasteiger partial charge in [0.15, 0.2) is 0 Å². The molecule has 0 aromatic rings. The van der Waals surface area contributed by atoms with Gasteiger partial charge in [0.1, 0.15) is 0 Å². The van der Waals surface area contributed by atoms with Gasteiger partial charge in [0.2, 0.25) is 0 Å². The van der Waals surface area contributed by atoms with Crippen LogP contribution < -0.4 is 0 Å². The summed E-state index contributed by atoms with van der Waals surface area (Å²) < 4.78 is 5.28. The Morgan fingerprint density at radius 1 is 1.29 bits per heavy atom. The van der Waals surface area contributed by atoms with Gasteiger partial charge >= 0.3 is 0 Å². The predicted molar refractivity (Wildman–Crippen MR) is 57.4 cm³/mol. The summed E-state index contributed by atoms with van der Waals surface area (Å²) in [6.07, 6.45) is 5.39. The van der Waals surface area contributed by atoms with Gasteiger partial charge in [-0.3, -0.25) is 4.90 Å². The maximum atomic E-state index is 8.56. The molecule has 1 fully saturated rings. The molecule has 0 spiro atoms. The third-order valence-corrected chi connectivity index (χ3v) is 2.95. The number of nitrogens with zero attached hydrogens (tertiary/aromatic N) is 1. The molecule has 3 nitrogen and oxygen atoms in total. The molecule has 1 aliphatic heterocycles. The van der Waals surface area contributed by atoms with Crippen molar-refractivity contribution in [1.82, 2.24) is 4.90 Å². The lowest BCUT2D eigenvalue weighted by atomic mass is 10.1. The predicted octanol–water partition coefficient (Wildman–Crippen LogP) is 1.26. The molecule has 0 radical (unpaired) electrons. The number of hydrogen-bond donors (Lipinski definition) is 1. The SMILES string of the molecule is CC1CCCCCN1CCOCCO. The minimum atomic E-state index is 0.134. The van der Waals surface area contributed by atoms with Crippen molar-refractivity contribution < 1.29 is 9.84 Å². The minimum absolute atomic E-state index is 0.134. The third-order valence-electron chi connectivity index (χ3n) is 2.95. The first-order chi connectivity index (χ1) is 6.84. The molecular weight excluding hydrogens is 178 g/mol. The van der Waals surface area contributed by atoms with Crippen molar-refractivity contribution in [3.63, 3.8) is 0 Å². The molecule has 0 aromatic carbocycles. The van der Waals surface area contributed by atoms with Gasteiger partial charge in [-0.1, -0.05) is 12.8 Å². The van der Waals surface area contributed by atoms with Crippen molar-refractivity contribution in [1.29, 1.82) is 0 Å². The van der Waals surface area contributed by atoms with Crippen LogP contribution in [0.5, 0.6) is 0 Å². The lowest BCUT2D eigenvalue weighted by molar-refractivity contribution is 0.0657. The highest BCUT2D eigenvalue weighted by atomic mass is 16.5. The second kappa shape index (κ2) is 7.21. The Bertz CT molecular complexity index is 141. The van der Waals surface area contributed by atoms with Crippen LogP contribution >= 0.6 is 0 Å². The summed E-state index contributed by atoms with van der Waals surface area (Å²) in [5.41, 5.74) is 0. The molecule has 0 aromatic heterocycles. The van der Waals surface area contributed by atoms with E-state index in [0.717, 1.165) is 13.2 Å². The van der Waals surface area contributed by atoms with E-state index in [1.54, 1.807) is 0 Å². The van der Waals surface area contributed by atoms with Crippen LogP contribution in [0.25, 0.3) is 0 Å². The summed E-state index contributed by atoms with van der Waals surface area (Å²) in [6.45, 7) is 5.89. The Morgan fingerprint density at radius 2 is 2.14 bits per heavy atom. The van der Waals surface area contributed by atoms with E-state index in [-0.39, 0.29) is 6.61 Å². The molecule has 1 saturated heterocycles. The molecule has 84 valence electrons. The quantitative estimate of drug-likeness (QED) is 0.680. The summed E-state index contributed by atoms with van der Waals surface area (Å²) in [6, 6.07) is 0.704. The Hall–Kier alpha value is -0.120. The van der Waals surface area contributed by atoms with Crippen LogP contribution in [0.1, 0.15) is 32.6 Å². The van der Waals surface area contributed by atoms with E-state index in [4.69, 9.17) is 9.84 Å². The first-order valence-corrected chi connectivity index (χ1v) is 5.77. The van der Waals surface area contributed by atoms with Crippen molar-refractivity contribution in [3.05, 3.63) is 0 Å². The fourth-order valence-electron chi connectivity index (χ4n) is 2.01. The van der Waals surface area contributed by atoms with Crippen LogP contribution in [0, 0.1) is 0 Å². The Morgan fingerprint density at radius 3 is 2.93 bits per heavy atom. The van der Waals surface area contributed by atoms with Crippen LogP contribution in [0.4, 0.5) is 0 Å². The molecule has 1 aliphatic rings. The Kier molecular flexibility index (Phi) is 6.15. The number of likely N-dealkylation sites (tertiary alicyclic amines) is 1. The van der Waals surface area contributed by atoms with Crippen LogP contribution in [0.15, 0.2) is 0 Å². The van der Waals surface area contributed by atoms with E-state index in [1.807, 2.05) is 0 Å². The normalized spacial score (nSPS) is 24.9. The number of ether oxygens (including phenoxy) is 1. The maximum Gasteiger partial charge on any atom is 0.0698 e. The molecule has 1 heterocycles. The molecule has 3 heteroatoms. The molecule has 1 atom stereocenters. The monoisotopic (exact) mass is 201 g/mol. The zero-order valence-corrected chi connectivity index (χ0v) is 9.24. The molecule has 0 aliphatic carbocycles. The summed E-state index contributed by atoms with van der Waals surface area (Å²) >= 11 is 0. The van der Waals surface area contributed by atoms with Gasteiger partial charge in [0.25, 0.3) is 0 Å². The molecule has 1 N–H and O–H groups in total. The van der Waals surface area contributed by atoms with E-state index in [1.165, 1.54) is 32.2 Å². The van der Waals surface area contributed by atoms with Crippen LogP contribution in [0.2, 0.25) is 0 Å². The van der Waals surface area contributed by atoms with Gasteiger partial charge < -0.3 is 9.84 Å². The Labute approximate surface area is 87.1 Å². The number of aliphatic hydroxyl groups is 1. The summed E-state index contributed by atoms with van der Waals surface area (Å²) in [7, 11) is 0. The largest absolute Gasteiger partial charge is 0.394 e. The molecule has 0 bridgehead atoms. The molecule has 0 amide bonds. The molecular formula is C11H23NO2. The van der Waals surface area contributed by atoms with Crippen molar-refractivity contribution >= 4 is 0 Å².